The summed E-state index contributed by atoms with van der Waals surface area (Å²) in [7, 11) is 4.20. The summed E-state index contributed by atoms with van der Waals surface area (Å²) >= 11 is 0. The van der Waals surface area contributed by atoms with Crippen LogP contribution in [0.5, 0.6) is 0 Å². The Morgan fingerprint density at radius 3 is 2.72 bits per heavy atom. The average molecular weight is 247 g/mol. The first kappa shape index (κ1) is 13.3. The van der Waals surface area contributed by atoms with Crippen LogP contribution in [-0.2, 0) is 0 Å². The van der Waals surface area contributed by atoms with Crippen LogP contribution < -0.4 is 10.2 Å². The Morgan fingerprint density at radius 2 is 2.06 bits per heavy atom. The zero-order valence-corrected chi connectivity index (χ0v) is 11.8. The van der Waals surface area contributed by atoms with Crippen LogP contribution in [0.1, 0.15) is 50.6 Å². The molecule has 3 nitrogen and oxygen atoms in total. The minimum atomic E-state index is 0.347. The maximum atomic E-state index is 4.61. The zero-order valence-electron chi connectivity index (χ0n) is 11.8. The summed E-state index contributed by atoms with van der Waals surface area (Å²) < 4.78 is 0. The third-order valence-corrected chi connectivity index (χ3v) is 4.17. The topological polar surface area (TPSA) is 28.2 Å². The molecule has 1 saturated carbocycles. The smallest absolute Gasteiger partial charge is 0.133 e. The molecule has 3 heteroatoms. The fraction of sp³-hybridized carbons (Fsp3) is 0.667. The molecule has 0 aliphatic heterocycles. The number of aromatic nitrogens is 1. The van der Waals surface area contributed by atoms with Gasteiger partial charge in [0.25, 0.3) is 0 Å². The van der Waals surface area contributed by atoms with Crippen LogP contribution in [0, 0.1) is 0 Å². The van der Waals surface area contributed by atoms with E-state index in [0.29, 0.717) is 12.1 Å². The molecule has 1 atom stereocenters. The fourth-order valence-electron chi connectivity index (χ4n) is 2.84. The molecular weight excluding hydrogens is 222 g/mol. The van der Waals surface area contributed by atoms with Gasteiger partial charge in [0.15, 0.2) is 0 Å². The quantitative estimate of drug-likeness (QED) is 0.886. The van der Waals surface area contributed by atoms with Crippen molar-refractivity contribution in [3.05, 3.63) is 23.9 Å². The molecular formula is C15H25N3. The van der Waals surface area contributed by atoms with Gasteiger partial charge in [0.2, 0.25) is 0 Å². The molecule has 1 aliphatic rings. The number of nitrogens with zero attached hydrogens (tertiary/aromatic N) is 2. The summed E-state index contributed by atoms with van der Waals surface area (Å²) in [4.78, 5) is 7.00. The van der Waals surface area contributed by atoms with Crippen LogP contribution in [0.25, 0.3) is 0 Å². The van der Waals surface area contributed by atoms with Crippen molar-refractivity contribution in [1.29, 1.82) is 0 Å². The summed E-state index contributed by atoms with van der Waals surface area (Å²) in [6.45, 7) is 2.19. The monoisotopic (exact) mass is 247 g/mol. The summed E-state index contributed by atoms with van der Waals surface area (Å²) in [6.07, 6.45) is 8.63. The lowest BCUT2D eigenvalue weighted by molar-refractivity contribution is 0.424. The highest BCUT2D eigenvalue weighted by atomic mass is 15.2. The molecule has 1 aliphatic carbocycles. The molecule has 2 rings (SSSR count). The molecule has 1 unspecified atom stereocenters. The van der Waals surface area contributed by atoms with E-state index in [1.165, 1.54) is 37.7 Å². The molecule has 1 N–H and O–H groups in total. The highest BCUT2D eigenvalue weighted by molar-refractivity contribution is 5.48. The normalized spacial score (nSPS) is 18.6. The second-order valence-corrected chi connectivity index (χ2v) is 5.33. The van der Waals surface area contributed by atoms with E-state index in [4.69, 9.17) is 0 Å². The van der Waals surface area contributed by atoms with Gasteiger partial charge in [0, 0.05) is 30.9 Å². The minimum Gasteiger partial charge on any atom is -0.356 e. The summed E-state index contributed by atoms with van der Waals surface area (Å²) in [5, 5.41) is 3.31. The van der Waals surface area contributed by atoms with Gasteiger partial charge in [0.05, 0.1) is 0 Å². The van der Waals surface area contributed by atoms with Gasteiger partial charge in [-0.2, -0.15) is 0 Å². The molecule has 1 aromatic heterocycles. The highest BCUT2D eigenvalue weighted by Crippen LogP contribution is 2.29. The van der Waals surface area contributed by atoms with Crippen molar-refractivity contribution < 1.29 is 0 Å². The van der Waals surface area contributed by atoms with Crippen LogP contribution in [0.3, 0.4) is 0 Å². The first-order valence-corrected chi connectivity index (χ1v) is 7.09. The number of pyridine rings is 1. The van der Waals surface area contributed by atoms with Crippen molar-refractivity contribution in [1.82, 2.24) is 10.3 Å². The second-order valence-electron chi connectivity index (χ2n) is 5.33. The van der Waals surface area contributed by atoms with Crippen LogP contribution in [0.4, 0.5) is 5.82 Å². The predicted molar refractivity (Wildman–Crippen MR) is 77.0 cm³/mol. The molecule has 1 aromatic rings. The molecule has 1 heterocycles. The van der Waals surface area contributed by atoms with Crippen molar-refractivity contribution in [2.45, 2.75) is 51.1 Å². The minimum absolute atomic E-state index is 0.347. The molecule has 0 saturated heterocycles. The Kier molecular flexibility index (Phi) is 4.59. The van der Waals surface area contributed by atoms with Crippen LogP contribution in [0.2, 0.25) is 0 Å². The molecule has 100 valence electrons. The zero-order chi connectivity index (χ0) is 13.0. The van der Waals surface area contributed by atoms with Crippen molar-refractivity contribution in [2.75, 3.05) is 19.0 Å². The van der Waals surface area contributed by atoms with E-state index in [1.807, 2.05) is 19.3 Å². The molecule has 0 spiro atoms. The Hall–Kier alpha value is -1.09. The highest BCUT2D eigenvalue weighted by Gasteiger charge is 2.22. The van der Waals surface area contributed by atoms with E-state index in [0.717, 1.165) is 5.82 Å². The molecule has 18 heavy (non-hydrogen) atoms. The Morgan fingerprint density at radius 1 is 1.33 bits per heavy atom. The summed E-state index contributed by atoms with van der Waals surface area (Å²) in [5.41, 5.74) is 1.30. The van der Waals surface area contributed by atoms with Gasteiger partial charge in [-0.15, -0.1) is 0 Å². The average Bonchev–Trinajstić information content (AvgIpc) is 2.46. The maximum Gasteiger partial charge on any atom is 0.133 e. The van der Waals surface area contributed by atoms with Crippen molar-refractivity contribution in [3.8, 4) is 0 Å². The number of anilines is 1. The summed E-state index contributed by atoms with van der Waals surface area (Å²) in [6, 6.07) is 5.22. The predicted octanol–water partition coefficient (Wildman–Crippen LogP) is 3.13. The van der Waals surface area contributed by atoms with E-state index in [-0.39, 0.29) is 0 Å². The number of nitrogens with one attached hydrogen (secondary N) is 1. The van der Waals surface area contributed by atoms with Gasteiger partial charge >= 0.3 is 0 Å². The fourth-order valence-corrected chi connectivity index (χ4v) is 2.84. The Labute approximate surface area is 111 Å². The second kappa shape index (κ2) is 6.19. The third kappa shape index (κ3) is 2.83. The lowest BCUT2D eigenvalue weighted by Gasteiger charge is -2.34. The maximum absolute atomic E-state index is 4.61. The van der Waals surface area contributed by atoms with Crippen molar-refractivity contribution in [2.24, 2.45) is 0 Å². The van der Waals surface area contributed by atoms with Crippen LogP contribution >= 0.6 is 0 Å². The van der Waals surface area contributed by atoms with Gasteiger partial charge < -0.3 is 10.2 Å². The SMILES string of the molecule is CNC(C)c1cccnc1N(C)C1CCCCC1. The Bertz CT molecular complexity index is 372. The van der Waals surface area contributed by atoms with E-state index >= 15 is 0 Å². The number of hydrogen-bond acceptors (Lipinski definition) is 3. The molecule has 0 aromatic carbocycles. The van der Waals surface area contributed by atoms with Gasteiger partial charge in [0.1, 0.15) is 5.82 Å². The van der Waals surface area contributed by atoms with Gasteiger partial charge in [-0.3, -0.25) is 0 Å². The lowest BCUT2D eigenvalue weighted by atomic mass is 9.94. The standard InChI is InChI=1S/C15H25N3/c1-12(16-2)14-10-7-11-17-15(14)18(3)13-8-5-4-6-9-13/h7,10-13,16H,4-6,8-9H2,1-3H3. The Balaban J connectivity index is 2.20. The van der Waals surface area contributed by atoms with Crippen LogP contribution in [0.15, 0.2) is 18.3 Å². The number of rotatable bonds is 4. The van der Waals surface area contributed by atoms with Gasteiger partial charge in [-0.25, -0.2) is 4.98 Å². The van der Waals surface area contributed by atoms with Crippen LogP contribution in [-0.4, -0.2) is 25.1 Å². The van der Waals surface area contributed by atoms with Gasteiger partial charge in [-0.05, 0) is 32.9 Å². The van der Waals surface area contributed by atoms with E-state index < -0.39 is 0 Å². The lowest BCUT2D eigenvalue weighted by Crippen LogP contribution is -2.35. The first-order chi connectivity index (χ1) is 8.74. The first-order valence-electron chi connectivity index (χ1n) is 7.09. The third-order valence-electron chi connectivity index (χ3n) is 4.17. The van der Waals surface area contributed by atoms with Gasteiger partial charge in [-0.1, -0.05) is 25.3 Å². The summed E-state index contributed by atoms with van der Waals surface area (Å²) in [5.74, 6) is 1.14. The number of hydrogen-bond donors (Lipinski definition) is 1. The van der Waals surface area contributed by atoms with Crippen molar-refractivity contribution >= 4 is 5.82 Å². The molecule has 0 amide bonds. The van der Waals surface area contributed by atoms with E-state index in [9.17, 15) is 0 Å². The van der Waals surface area contributed by atoms with E-state index in [1.54, 1.807) is 0 Å². The van der Waals surface area contributed by atoms with Crippen molar-refractivity contribution in [3.63, 3.8) is 0 Å². The molecule has 1 fully saturated rings. The van der Waals surface area contributed by atoms with E-state index in [2.05, 4.69) is 35.2 Å². The largest absolute Gasteiger partial charge is 0.356 e. The molecule has 0 bridgehead atoms. The molecule has 0 radical (unpaired) electrons.